The van der Waals surface area contributed by atoms with Gasteiger partial charge in [-0.2, -0.15) is 5.10 Å². The first kappa shape index (κ1) is 19.9. The van der Waals surface area contributed by atoms with E-state index in [1.165, 1.54) is 24.1 Å². The van der Waals surface area contributed by atoms with Crippen molar-refractivity contribution < 1.29 is 9.59 Å². The first-order valence-electron chi connectivity index (χ1n) is 10.6. The number of nitrogens with one attached hydrogen (secondary N) is 1. The van der Waals surface area contributed by atoms with Gasteiger partial charge in [0.2, 0.25) is 11.8 Å². The van der Waals surface area contributed by atoms with Gasteiger partial charge in [0.05, 0.1) is 5.69 Å². The van der Waals surface area contributed by atoms with Gasteiger partial charge in [0.1, 0.15) is 0 Å². The van der Waals surface area contributed by atoms with Crippen LogP contribution in [-0.2, 0) is 22.6 Å². The Balaban J connectivity index is 1.42. The Morgan fingerprint density at radius 1 is 1.07 bits per heavy atom. The fourth-order valence-corrected chi connectivity index (χ4v) is 4.65. The van der Waals surface area contributed by atoms with Gasteiger partial charge in [0.25, 0.3) is 0 Å². The number of carbonyl (C=O) groups is 2. The lowest BCUT2D eigenvalue weighted by atomic mass is 9.94. The lowest BCUT2D eigenvalue weighted by molar-refractivity contribution is -0.139. The van der Waals surface area contributed by atoms with Crippen LogP contribution in [0.25, 0.3) is 0 Å². The van der Waals surface area contributed by atoms with Crippen molar-refractivity contribution in [3.63, 3.8) is 0 Å². The van der Waals surface area contributed by atoms with E-state index in [0.717, 1.165) is 57.4 Å². The predicted molar refractivity (Wildman–Crippen MR) is 105 cm³/mol. The minimum absolute atomic E-state index is 0.0400. The number of nitrogens with zero attached hydrogens (tertiary/aromatic N) is 3. The van der Waals surface area contributed by atoms with Crippen LogP contribution < -0.4 is 5.32 Å². The molecule has 1 aromatic heterocycles. The molecule has 2 heterocycles. The molecule has 0 bridgehead atoms. The van der Waals surface area contributed by atoms with Gasteiger partial charge in [-0.25, -0.2) is 0 Å². The van der Waals surface area contributed by atoms with E-state index in [0.29, 0.717) is 12.5 Å². The van der Waals surface area contributed by atoms with Crippen LogP contribution in [0.15, 0.2) is 0 Å². The molecule has 2 amide bonds. The molecule has 0 unspecified atom stereocenters. The highest BCUT2D eigenvalue weighted by atomic mass is 16.2. The maximum absolute atomic E-state index is 12.5. The number of aryl methyl sites for hydroxylation is 2. The molecule has 6 heteroatoms. The molecule has 3 rings (SSSR count). The van der Waals surface area contributed by atoms with Crippen molar-refractivity contribution in [2.45, 2.75) is 72.3 Å². The topological polar surface area (TPSA) is 67.2 Å². The van der Waals surface area contributed by atoms with E-state index in [2.05, 4.69) is 24.3 Å². The maximum atomic E-state index is 12.5. The molecule has 0 atom stereocenters. The zero-order valence-electron chi connectivity index (χ0n) is 17.1. The first-order chi connectivity index (χ1) is 13.0. The van der Waals surface area contributed by atoms with Crippen molar-refractivity contribution in [1.82, 2.24) is 20.0 Å². The van der Waals surface area contributed by atoms with Crippen molar-refractivity contribution in [1.29, 1.82) is 0 Å². The number of rotatable bonds is 6. The number of piperidine rings is 1. The van der Waals surface area contributed by atoms with Crippen molar-refractivity contribution in [3.05, 3.63) is 17.0 Å². The highest BCUT2D eigenvalue weighted by molar-refractivity contribution is 5.81. The molecular formula is C21H34N4O2. The van der Waals surface area contributed by atoms with Gasteiger partial charge >= 0.3 is 0 Å². The van der Waals surface area contributed by atoms with Crippen LogP contribution in [0.1, 0.15) is 62.4 Å². The number of likely N-dealkylation sites (tertiary alicyclic amines) is 1. The Labute approximate surface area is 162 Å². The van der Waals surface area contributed by atoms with E-state index in [1.54, 1.807) is 0 Å². The molecule has 0 radical (unpaired) electrons. The minimum atomic E-state index is 0.0400. The van der Waals surface area contributed by atoms with Crippen LogP contribution in [0.4, 0.5) is 0 Å². The van der Waals surface area contributed by atoms with Crippen molar-refractivity contribution in [2.24, 2.45) is 11.8 Å². The SMILES string of the molecule is CCn1nc(C)c(CCNC(=O)C2CCN(C(=O)C3CCCC3)CC2)c1C. The lowest BCUT2D eigenvalue weighted by Crippen LogP contribution is -2.45. The normalized spacial score (nSPS) is 18.9. The highest BCUT2D eigenvalue weighted by Gasteiger charge is 2.31. The quantitative estimate of drug-likeness (QED) is 0.832. The summed E-state index contributed by atoms with van der Waals surface area (Å²) in [7, 11) is 0. The molecule has 2 fully saturated rings. The Bertz CT molecular complexity index is 668. The Hall–Kier alpha value is -1.85. The molecule has 1 aliphatic heterocycles. The van der Waals surface area contributed by atoms with Crippen molar-refractivity contribution >= 4 is 11.8 Å². The molecule has 1 N–H and O–H groups in total. The molecule has 1 saturated heterocycles. The zero-order chi connectivity index (χ0) is 19.4. The van der Waals surface area contributed by atoms with Crippen LogP contribution in [0.2, 0.25) is 0 Å². The van der Waals surface area contributed by atoms with Gasteiger partial charge < -0.3 is 10.2 Å². The number of aromatic nitrogens is 2. The maximum Gasteiger partial charge on any atom is 0.225 e. The molecule has 150 valence electrons. The van der Waals surface area contributed by atoms with Crippen LogP contribution in [0.3, 0.4) is 0 Å². The smallest absolute Gasteiger partial charge is 0.225 e. The van der Waals surface area contributed by atoms with Crippen LogP contribution in [0, 0.1) is 25.7 Å². The Kier molecular flexibility index (Phi) is 6.55. The zero-order valence-corrected chi connectivity index (χ0v) is 17.1. The average Bonchev–Trinajstić information content (AvgIpc) is 3.31. The Morgan fingerprint density at radius 2 is 1.74 bits per heavy atom. The summed E-state index contributed by atoms with van der Waals surface area (Å²) < 4.78 is 2.02. The summed E-state index contributed by atoms with van der Waals surface area (Å²) in [5.41, 5.74) is 3.50. The van der Waals surface area contributed by atoms with Gasteiger partial charge in [-0.1, -0.05) is 12.8 Å². The summed E-state index contributed by atoms with van der Waals surface area (Å²) in [5, 5.41) is 7.64. The predicted octanol–water partition coefficient (Wildman–Crippen LogP) is 2.61. The number of hydrogen-bond donors (Lipinski definition) is 1. The van der Waals surface area contributed by atoms with Gasteiger partial charge in [-0.05, 0) is 58.4 Å². The molecule has 2 aliphatic rings. The monoisotopic (exact) mass is 374 g/mol. The number of carbonyl (C=O) groups excluding carboxylic acids is 2. The second-order valence-corrected chi connectivity index (χ2v) is 8.09. The van der Waals surface area contributed by atoms with Gasteiger partial charge in [0, 0.05) is 43.7 Å². The third kappa shape index (κ3) is 4.53. The largest absolute Gasteiger partial charge is 0.356 e. The summed E-state index contributed by atoms with van der Waals surface area (Å²) in [6, 6.07) is 0. The molecule has 1 aliphatic carbocycles. The van der Waals surface area contributed by atoms with Gasteiger partial charge in [-0.3, -0.25) is 14.3 Å². The van der Waals surface area contributed by atoms with Crippen molar-refractivity contribution in [2.75, 3.05) is 19.6 Å². The van der Waals surface area contributed by atoms with Crippen LogP contribution in [-0.4, -0.2) is 46.1 Å². The fourth-order valence-electron chi connectivity index (χ4n) is 4.65. The standard InChI is InChI=1S/C21H34N4O2/c1-4-25-16(3)19(15(2)23-25)9-12-22-20(26)17-10-13-24(14-11-17)21(27)18-7-5-6-8-18/h17-18H,4-14H2,1-3H3,(H,22,26). The van der Waals surface area contributed by atoms with Crippen LogP contribution >= 0.6 is 0 Å². The van der Waals surface area contributed by atoms with Gasteiger partial charge in [0.15, 0.2) is 0 Å². The van der Waals surface area contributed by atoms with E-state index in [1.807, 2.05) is 16.5 Å². The van der Waals surface area contributed by atoms with E-state index in [-0.39, 0.29) is 17.7 Å². The summed E-state index contributed by atoms with van der Waals surface area (Å²) in [6.45, 7) is 9.21. The van der Waals surface area contributed by atoms with E-state index < -0.39 is 0 Å². The summed E-state index contributed by atoms with van der Waals surface area (Å²) >= 11 is 0. The Morgan fingerprint density at radius 3 is 2.33 bits per heavy atom. The lowest BCUT2D eigenvalue weighted by Gasteiger charge is -2.33. The third-order valence-corrected chi connectivity index (χ3v) is 6.39. The fraction of sp³-hybridized carbons (Fsp3) is 0.762. The third-order valence-electron chi connectivity index (χ3n) is 6.39. The van der Waals surface area contributed by atoms with E-state index in [4.69, 9.17) is 0 Å². The number of hydrogen-bond acceptors (Lipinski definition) is 3. The molecule has 1 saturated carbocycles. The average molecular weight is 375 g/mol. The molecule has 0 spiro atoms. The van der Waals surface area contributed by atoms with E-state index >= 15 is 0 Å². The summed E-state index contributed by atoms with van der Waals surface area (Å²) in [5.74, 6) is 0.746. The molecular weight excluding hydrogens is 340 g/mol. The highest BCUT2D eigenvalue weighted by Crippen LogP contribution is 2.28. The molecule has 1 aromatic rings. The van der Waals surface area contributed by atoms with Gasteiger partial charge in [-0.15, -0.1) is 0 Å². The molecule has 27 heavy (non-hydrogen) atoms. The number of amides is 2. The van der Waals surface area contributed by atoms with E-state index in [9.17, 15) is 9.59 Å². The minimum Gasteiger partial charge on any atom is -0.356 e. The summed E-state index contributed by atoms with van der Waals surface area (Å²) in [4.78, 5) is 27.0. The second-order valence-electron chi connectivity index (χ2n) is 8.09. The molecule has 0 aromatic carbocycles. The second kappa shape index (κ2) is 8.89. The first-order valence-corrected chi connectivity index (χ1v) is 10.6. The van der Waals surface area contributed by atoms with Crippen molar-refractivity contribution in [3.8, 4) is 0 Å². The molecule has 6 nitrogen and oxygen atoms in total. The summed E-state index contributed by atoms with van der Waals surface area (Å²) in [6.07, 6.45) is 6.87. The van der Waals surface area contributed by atoms with Crippen LogP contribution in [0.5, 0.6) is 0 Å².